The van der Waals surface area contributed by atoms with E-state index in [0.717, 1.165) is 15.6 Å². The number of aryl methyl sites for hydroxylation is 1. The van der Waals surface area contributed by atoms with Crippen molar-refractivity contribution in [3.63, 3.8) is 0 Å². The van der Waals surface area contributed by atoms with Crippen LogP contribution in [0.2, 0.25) is 0 Å². The molecule has 2 aromatic carbocycles. The van der Waals surface area contributed by atoms with Crippen LogP contribution in [0.25, 0.3) is 0 Å². The highest BCUT2D eigenvalue weighted by atomic mass is 79.9. The van der Waals surface area contributed by atoms with Crippen molar-refractivity contribution in [2.24, 2.45) is 0 Å². The van der Waals surface area contributed by atoms with Gasteiger partial charge in [0, 0.05) is 21.4 Å². The first-order valence-corrected chi connectivity index (χ1v) is 7.70. The standard InChI is InChI=1S/C14H11Br2NO3/c1-9-3-2-4-12(17(18)19)14(9)20-13-6-5-11(16)7-10(13)8-15/h2-7H,8H2,1H3. The molecular formula is C14H11Br2NO3. The molecule has 0 heterocycles. The van der Waals surface area contributed by atoms with Gasteiger partial charge in [-0.25, -0.2) is 0 Å². The molecule has 0 amide bonds. The largest absolute Gasteiger partial charge is 0.450 e. The lowest BCUT2D eigenvalue weighted by molar-refractivity contribution is -0.385. The number of nitrogens with zero attached hydrogens (tertiary/aromatic N) is 1. The quantitative estimate of drug-likeness (QED) is 0.394. The van der Waals surface area contributed by atoms with Gasteiger partial charge in [-0.3, -0.25) is 10.1 Å². The first-order valence-electron chi connectivity index (χ1n) is 5.79. The molecule has 0 aromatic heterocycles. The number of para-hydroxylation sites is 1. The van der Waals surface area contributed by atoms with Gasteiger partial charge in [0.2, 0.25) is 5.75 Å². The van der Waals surface area contributed by atoms with Gasteiger partial charge >= 0.3 is 5.69 Å². The average Bonchev–Trinajstić information content (AvgIpc) is 2.42. The van der Waals surface area contributed by atoms with E-state index in [2.05, 4.69) is 31.9 Å². The summed E-state index contributed by atoms with van der Waals surface area (Å²) in [5, 5.41) is 11.7. The third-order valence-electron chi connectivity index (χ3n) is 2.77. The van der Waals surface area contributed by atoms with E-state index in [0.29, 0.717) is 11.1 Å². The molecule has 0 aliphatic rings. The number of nitro benzene ring substituents is 1. The van der Waals surface area contributed by atoms with Crippen LogP contribution >= 0.6 is 31.9 Å². The van der Waals surface area contributed by atoms with Crippen LogP contribution in [0.15, 0.2) is 40.9 Å². The number of alkyl halides is 1. The first-order chi connectivity index (χ1) is 9.52. The summed E-state index contributed by atoms with van der Waals surface area (Å²) in [5.41, 5.74) is 1.60. The van der Waals surface area contributed by atoms with Crippen LogP contribution in [0.4, 0.5) is 5.69 Å². The lowest BCUT2D eigenvalue weighted by atomic mass is 10.2. The lowest BCUT2D eigenvalue weighted by Crippen LogP contribution is -1.97. The molecule has 0 saturated heterocycles. The monoisotopic (exact) mass is 399 g/mol. The van der Waals surface area contributed by atoms with Gasteiger partial charge in [0.1, 0.15) is 5.75 Å². The Kier molecular flexibility index (Phi) is 4.77. The SMILES string of the molecule is Cc1cccc([N+](=O)[O-])c1Oc1ccc(Br)cc1CBr. The lowest BCUT2D eigenvalue weighted by Gasteiger charge is -2.12. The van der Waals surface area contributed by atoms with E-state index >= 15 is 0 Å². The number of hydrogen-bond acceptors (Lipinski definition) is 3. The summed E-state index contributed by atoms with van der Waals surface area (Å²) in [5.74, 6) is 0.879. The van der Waals surface area contributed by atoms with Crippen LogP contribution < -0.4 is 4.74 Å². The summed E-state index contributed by atoms with van der Waals surface area (Å²) in [6.45, 7) is 1.79. The highest BCUT2D eigenvalue weighted by Crippen LogP contribution is 2.36. The predicted octanol–water partition coefficient (Wildman–Crippen LogP) is 5.35. The zero-order valence-corrected chi connectivity index (χ0v) is 13.8. The maximum absolute atomic E-state index is 11.1. The van der Waals surface area contributed by atoms with E-state index < -0.39 is 4.92 Å². The zero-order chi connectivity index (χ0) is 14.7. The van der Waals surface area contributed by atoms with Gasteiger partial charge in [0.25, 0.3) is 0 Å². The van der Waals surface area contributed by atoms with Gasteiger partial charge in [-0.15, -0.1) is 0 Å². The van der Waals surface area contributed by atoms with Crippen molar-refractivity contribution >= 4 is 37.5 Å². The number of benzene rings is 2. The Labute approximate surface area is 133 Å². The number of rotatable bonds is 4. The molecule has 6 heteroatoms. The predicted molar refractivity (Wildman–Crippen MR) is 84.7 cm³/mol. The van der Waals surface area contributed by atoms with Crippen LogP contribution in [-0.2, 0) is 5.33 Å². The molecule has 0 unspecified atom stereocenters. The van der Waals surface area contributed by atoms with E-state index in [-0.39, 0.29) is 11.4 Å². The van der Waals surface area contributed by atoms with Crippen molar-refractivity contribution in [2.45, 2.75) is 12.3 Å². The third-order valence-corrected chi connectivity index (χ3v) is 3.86. The van der Waals surface area contributed by atoms with Crippen molar-refractivity contribution < 1.29 is 9.66 Å². The van der Waals surface area contributed by atoms with Gasteiger partial charge in [-0.2, -0.15) is 0 Å². The summed E-state index contributed by atoms with van der Waals surface area (Å²) in [7, 11) is 0. The molecule has 104 valence electrons. The van der Waals surface area contributed by atoms with Gasteiger partial charge in [-0.1, -0.05) is 44.0 Å². The number of halogens is 2. The Morgan fingerprint density at radius 2 is 2.05 bits per heavy atom. The van der Waals surface area contributed by atoms with E-state index in [1.54, 1.807) is 25.1 Å². The Hall–Kier alpha value is -1.40. The summed E-state index contributed by atoms with van der Waals surface area (Å²) >= 11 is 6.78. The second-order valence-corrected chi connectivity index (χ2v) is 5.64. The van der Waals surface area contributed by atoms with E-state index in [1.165, 1.54) is 6.07 Å². The molecule has 0 radical (unpaired) electrons. The molecule has 0 fully saturated rings. The van der Waals surface area contributed by atoms with Crippen molar-refractivity contribution in [2.75, 3.05) is 0 Å². The van der Waals surface area contributed by atoms with Crippen molar-refractivity contribution in [3.8, 4) is 11.5 Å². The van der Waals surface area contributed by atoms with Gasteiger partial charge < -0.3 is 4.74 Å². The Morgan fingerprint density at radius 1 is 1.30 bits per heavy atom. The second kappa shape index (κ2) is 6.37. The summed E-state index contributed by atoms with van der Waals surface area (Å²) in [4.78, 5) is 10.6. The Morgan fingerprint density at radius 3 is 2.70 bits per heavy atom. The van der Waals surface area contributed by atoms with Crippen molar-refractivity contribution in [1.29, 1.82) is 0 Å². The van der Waals surface area contributed by atoms with E-state index in [9.17, 15) is 10.1 Å². The minimum atomic E-state index is -0.436. The second-order valence-electron chi connectivity index (χ2n) is 4.17. The maximum Gasteiger partial charge on any atom is 0.311 e. The summed E-state index contributed by atoms with van der Waals surface area (Å²) < 4.78 is 6.72. The number of nitro groups is 1. The molecular weight excluding hydrogens is 390 g/mol. The third kappa shape index (κ3) is 3.19. The van der Waals surface area contributed by atoms with Gasteiger partial charge in [0.05, 0.1) is 4.92 Å². The summed E-state index contributed by atoms with van der Waals surface area (Å²) in [6, 6.07) is 10.4. The van der Waals surface area contributed by atoms with Crippen LogP contribution in [0, 0.1) is 17.0 Å². The number of hydrogen-bond donors (Lipinski definition) is 0. The normalized spacial score (nSPS) is 10.3. The molecule has 0 atom stereocenters. The van der Waals surface area contributed by atoms with E-state index in [1.807, 2.05) is 12.1 Å². The molecule has 20 heavy (non-hydrogen) atoms. The Balaban J connectivity index is 2.47. The summed E-state index contributed by atoms with van der Waals surface area (Å²) in [6.07, 6.45) is 0. The molecule has 0 aliphatic heterocycles. The average molecular weight is 401 g/mol. The van der Waals surface area contributed by atoms with Crippen LogP contribution in [-0.4, -0.2) is 4.92 Å². The highest BCUT2D eigenvalue weighted by molar-refractivity contribution is 9.10. The van der Waals surface area contributed by atoms with Gasteiger partial charge in [0.15, 0.2) is 0 Å². The Bertz CT molecular complexity index is 659. The van der Waals surface area contributed by atoms with Gasteiger partial charge in [-0.05, 0) is 30.7 Å². The van der Waals surface area contributed by atoms with Crippen LogP contribution in [0.5, 0.6) is 11.5 Å². The molecule has 0 aliphatic carbocycles. The topological polar surface area (TPSA) is 52.4 Å². The van der Waals surface area contributed by atoms with Crippen molar-refractivity contribution in [1.82, 2.24) is 0 Å². The fraction of sp³-hybridized carbons (Fsp3) is 0.143. The van der Waals surface area contributed by atoms with E-state index in [4.69, 9.17) is 4.74 Å². The van der Waals surface area contributed by atoms with Crippen LogP contribution in [0.3, 0.4) is 0 Å². The van der Waals surface area contributed by atoms with Crippen molar-refractivity contribution in [3.05, 3.63) is 62.1 Å². The molecule has 4 nitrogen and oxygen atoms in total. The molecule has 2 rings (SSSR count). The van der Waals surface area contributed by atoms with Crippen LogP contribution in [0.1, 0.15) is 11.1 Å². The number of ether oxygens (including phenoxy) is 1. The fourth-order valence-corrected chi connectivity index (χ4v) is 2.62. The molecule has 0 saturated carbocycles. The zero-order valence-electron chi connectivity index (χ0n) is 10.6. The molecule has 2 aromatic rings. The molecule has 0 bridgehead atoms. The maximum atomic E-state index is 11.1. The minimum Gasteiger partial charge on any atom is -0.450 e. The highest BCUT2D eigenvalue weighted by Gasteiger charge is 2.18. The molecule has 0 spiro atoms. The minimum absolute atomic E-state index is 0.0339. The first kappa shape index (κ1) is 15.0. The fourth-order valence-electron chi connectivity index (χ4n) is 1.78. The molecule has 0 N–H and O–H groups in total. The smallest absolute Gasteiger partial charge is 0.311 e.